The van der Waals surface area contributed by atoms with Crippen molar-refractivity contribution in [2.75, 3.05) is 39.0 Å². The van der Waals surface area contributed by atoms with Crippen LogP contribution in [0.4, 0.5) is 4.39 Å². The maximum atomic E-state index is 15.5. The van der Waals surface area contributed by atoms with Crippen molar-refractivity contribution in [3.63, 3.8) is 0 Å². The number of likely N-dealkylation sites (tertiary alicyclic amines) is 2. The molecule has 2 aliphatic carbocycles. The molecule has 2 saturated heterocycles. The molecule has 0 amide bonds. The minimum atomic E-state index is -3.27. The molecular formula is C31H39FN4O2S. The maximum Gasteiger partial charge on any atom is 0.175 e. The van der Waals surface area contributed by atoms with Crippen LogP contribution in [0.2, 0.25) is 0 Å². The van der Waals surface area contributed by atoms with E-state index in [0.717, 1.165) is 67.2 Å². The molecule has 39 heavy (non-hydrogen) atoms. The van der Waals surface area contributed by atoms with Crippen molar-refractivity contribution in [1.29, 1.82) is 0 Å². The Labute approximate surface area is 231 Å². The van der Waals surface area contributed by atoms with E-state index in [-0.39, 0.29) is 10.7 Å². The van der Waals surface area contributed by atoms with E-state index < -0.39 is 9.84 Å². The first kappa shape index (κ1) is 25.7. The van der Waals surface area contributed by atoms with Gasteiger partial charge >= 0.3 is 0 Å². The summed E-state index contributed by atoms with van der Waals surface area (Å²) in [6, 6.07) is 11.8. The number of aromatic nitrogens is 2. The average molecular weight is 551 g/mol. The van der Waals surface area contributed by atoms with Gasteiger partial charge in [0.25, 0.3) is 0 Å². The van der Waals surface area contributed by atoms with Gasteiger partial charge in [-0.3, -0.25) is 0 Å². The van der Waals surface area contributed by atoms with Crippen molar-refractivity contribution >= 4 is 20.9 Å². The molecule has 7 rings (SSSR count). The van der Waals surface area contributed by atoms with Gasteiger partial charge in [0.05, 0.1) is 10.4 Å². The average Bonchev–Trinajstić information content (AvgIpc) is 3.88. The summed E-state index contributed by atoms with van der Waals surface area (Å²) in [6.07, 6.45) is 10.9. The maximum absolute atomic E-state index is 15.5. The summed E-state index contributed by atoms with van der Waals surface area (Å²) in [7, 11) is -3.27. The van der Waals surface area contributed by atoms with Crippen LogP contribution in [-0.4, -0.2) is 72.8 Å². The highest BCUT2D eigenvalue weighted by Gasteiger charge is 2.33. The third kappa shape index (κ3) is 5.27. The highest BCUT2D eigenvalue weighted by Crippen LogP contribution is 2.43. The standard InChI is InChI=1S/C31H39FN4O2S/c1-39(37,38)27-8-4-23(5-9-27)31-33-30-28(32)18-24(19-29(30)36(31)26-6-7-26)22-10-16-35(17-11-22)25-12-14-34(15-13-25)20-21-2-3-21/h4-5,8-9,18-19,21-22,25-26H,2-3,6-7,10-17,20H2,1H3. The van der Waals surface area contributed by atoms with Gasteiger partial charge in [-0.1, -0.05) is 0 Å². The normalized spacial score (nSPS) is 22.6. The SMILES string of the molecule is CS(=O)(=O)c1ccc(-c2nc3c(F)cc(C4CCN(C5CCN(CC6CC6)CC5)CC4)cc3n2C2CC2)cc1. The van der Waals surface area contributed by atoms with E-state index in [0.29, 0.717) is 23.5 Å². The largest absolute Gasteiger partial charge is 0.321 e. The quantitative estimate of drug-likeness (QED) is 0.381. The summed E-state index contributed by atoms with van der Waals surface area (Å²) in [5.41, 5.74) is 3.21. The molecule has 2 saturated carbocycles. The van der Waals surface area contributed by atoms with Gasteiger partial charge < -0.3 is 14.4 Å². The zero-order valence-electron chi connectivity index (χ0n) is 22.9. The van der Waals surface area contributed by atoms with Gasteiger partial charge in [-0.05, 0) is 131 Å². The van der Waals surface area contributed by atoms with Crippen LogP contribution in [0.1, 0.15) is 68.9 Å². The smallest absolute Gasteiger partial charge is 0.175 e. The van der Waals surface area contributed by atoms with Gasteiger partial charge in [-0.25, -0.2) is 17.8 Å². The van der Waals surface area contributed by atoms with Crippen LogP contribution < -0.4 is 0 Å². The molecule has 4 fully saturated rings. The van der Waals surface area contributed by atoms with Crippen LogP contribution in [0.25, 0.3) is 22.4 Å². The monoisotopic (exact) mass is 550 g/mol. The Bertz CT molecular complexity index is 1460. The van der Waals surface area contributed by atoms with Gasteiger partial charge in [0.15, 0.2) is 15.7 Å². The number of rotatable bonds is 7. The number of imidazole rings is 1. The van der Waals surface area contributed by atoms with Crippen LogP contribution in [0.15, 0.2) is 41.3 Å². The van der Waals surface area contributed by atoms with Gasteiger partial charge in [-0.15, -0.1) is 0 Å². The Morgan fingerprint density at radius 2 is 1.56 bits per heavy atom. The molecule has 1 aromatic heterocycles. The Kier molecular flexibility index (Phi) is 6.56. The summed E-state index contributed by atoms with van der Waals surface area (Å²) in [5.74, 6) is 1.82. The molecular weight excluding hydrogens is 511 g/mol. The van der Waals surface area contributed by atoms with E-state index in [9.17, 15) is 8.42 Å². The zero-order chi connectivity index (χ0) is 26.7. The fraction of sp³-hybridized carbons (Fsp3) is 0.581. The van der Waals surface area contributed by atoms with Crippen LogP contribution in [0.3, 0.4) is 0 Å². The van der Waals surface area contributed by atoms with Crippen molar-refractivity contribution in [3.05, 3.63) is 47.8 Å². The molecule has 0 N–H and O–H groups in total. The van der Waals surface area contributed by atoms with Crippen LogP contribution in [-0.2, 0) is 9.84 Å². The van der Waals surface area contributed by atoms with Crippen molar-refractivity contribution < 1.29 is 12.8 Å². The first-order valence-corrected chi connectivity index (χ1v) is 16.7. The van der Waals surface area contributed by atoms with Crippen LogP contribution >= 0.6 is 0 Å². The number of halogens is 1. The molecule has 3 heterocycles. The second kappa shape index (κ2) is 9.96. The molecule has 3 aromatic rings. The highest BCUT2D eigenvalue weighted by atomic mass is 32.2. The molecule has 0 bridgehead atoms. The number of nitrogens with zero attached hydrogens (tertiary/aromatic N) is 4. The van der Waals surface area contributed by atoms with E-state index in [2.05, 4.69) is 20.4 Å². The molecule has 4 aliphatic rings. The van der Waals surface area contributed by atoms with E-state index in [4.69, 9.17) is 4.98 Å². The number of piperidine rings is 2. The lowest BCUT2D eigenvalue weighted by molar-refractivity contribution is 0.0855. The second-order valence-electron chi connectivity index (χ2n) is 12.5. The van der Waals surface area contributed by atoms with Gasteiger partial charge in [-0.2, -0.15) is 0 Å². The molecule has 0 unspecified atom stereocenters. The molecule has 208 valence electrons. The van der Waals surface area contributed by atoms with Gasteiger partial charge in [0.2, 0.25) is 0 Å². The van der Waals surface area contributed by atoms with Gasteiger partial charge in [0, 0.05) is 30.4 Å². The predicted molar refractivity (Wildman–Crippen MR) is 152 cm³/mol. The molecule has 0 radical (unpaired) electrons. The van der Waals surface area contributed by atoms with Crippen molar-refractivity contribution in [1.82, 2.24) is 19.4 Å². The van der Waals surface area contributed by atoms with Crippen molar-refractivity contribution in [3.8, 4) is 11.4 Å². The molecule has 6 nitrogen and oxygen atoms in total. The molecule has 8 heteroatoms. The summed E-state index contributed by atoms with van der Waals surface area (Å²) in [4.78, 5) is 10.4. The van der Waals surface area contributed by atoms with Crippen molar-refractivity contribution in [2.45, 2.75) is 74.3 Å². The van der Waals surface area contributed by atoms with Crippen LogP contribution in [0, 0.1) is 11.7 Å². The number of hydrogen-bond acceptors (Lipinski definition) is 5. The summed E-state index contributed by atoms with van der Waals surface area (Å²) in [5, 5.41) is 0. The Morgan fingerprint density at radius 3 is 2.18 bits per heavy atom. The Balaban J connectivity index is 1.09. The van der Waals surface area contributed by atoms with E-state index in [1.165, 1.54) is 51.6 Å². The van der Waals surface area contributed by atoms with E-state index in [1.807, 2.05) is 0 Å². The Hall–Kier alpha value is -2.29. The summed E-state index contributed by atoms with van der Waals surface area (Å²) < 4.78 is 41.6. The molecule has 2 aromatic carbocycles. The van der Waals surface area contributed by atoms with E-state index in [1.54, 1.807) is 30.3 Å². The fourth-order valence-electron chi connectivity index (χ4n) is 6.90. The minimum absolute atomic E-state index is 0.249. The molecule has 2 aliphatic heterocycles. The Morgan fingerprint density at radius 1 is 0.872 bits per heavy atom. The first-order chi connectivity index (χ1) is 18.8. The van der Waals surface area contributed by atoms with Crippen LogP contribution in [0.5, 0.6) is 0 Å². The lowest BCUT2D eigenvalue weighted by Crippen LogP contribution is -2.47. The first-order valence-electron chi connectivity index (χ1n) is 14.8. The molecule has 0 spiro atoms. The lowest BCUT2D eigenvalue weighted by atomic mass is 9.87. The number of sulfone groups is 1. The third-order valence-electron chi connectivity index (χ3n) is 9.51. The summed E-state index contributed by atoms with van der Waals surface area (Å²) >= 11 is 0. The van der Waals surface area contributed by atoms with Gasteiger partial charge in [0.1, 0.15) is 11.3 Å². The minimum Gasteiger partial charge on any atom is -0.321 e. The topological polar surface area (TPSA) is 58.4 Å². The molecule has 0 atom stereocenters. The van der Waals surface area contributed by atoms with E-state index >= 15 is 4.39 Å². The highest BCUT2D eigenvalue weighted by molar-refractivity contribution is 7.90. The fourth-order valence-corrected chi connectivity index (χ4v) is 7.53. The predicted octanol–water partition coefficient (Wildman–Crippen LogP) is 5.63. The van der Waals surface area contributed by atoms with Crippen molar-refractivity contribution in [2.24, 2.45) is 5.92 Å². The zero-order valence-corrected chi connectivity index (χ0v) is 23.7. The number of benzene rings is 2. The third-order valence-corrected chi connectivity index (χ3v) is 10.6. The lowest BCUT2D eigenvalue weighted by Gasteiger charge is -2.42. The summed E-state index contributed by atoms with van der Waals surface area (Å²) in [6.45, 7) is 5.99. The number of hydrogen-bond donors (Lipinski definition) is 0. The second-order valence-corrected chi connectivity index (χ2v) is 14.5. The number of fused-ring (bicyclic) bond motifs is 1.